The molecule has 1 heterocycles. The number of hydrogen-bond acceptors (Lipinski definition) is 4. The van der Waals surface area contributed by atoms with Crippen LogP contribution in [-0.2, 0) is 6.61 Å². The monoisotopic (exact) mass is 266 g/mol. The molecule has 0 fully saturated rings. The lowest BCUT2D eigenvalue weighted by atomic mass is 10.1. The van der Waals surface area contributed by atoms with E-state index in [1.807, 2.05) is 55.5 Å². The molecule has 0 unspecified atom stereocenters. The second kappa shape index (κ2) is 5.22. The van der Waals surface area contributed by atoms with Gasteiger partial charge in [-0.15, -0.1) is 15.0 Å². The number of aryl methyl sites for hydroxylation is 1. The first-order valence-electron chi connectivity index (χ1n) is 6.34. The molecule has 0 amide bonds. The molecule has 0 spiro atoms. The predicted octanol–water partition coefficient (Wildman–Crippen LogP) is 2.13. The van der Waals surface area contributed by atoms with E-state index in [4.69, 9.17) is 0 Å². The van der Waals surface area contributed by atoms with E-state index >= 15 is 0 Å². The molecule has 3 rings (SSSR count). The van der Waals surface area contributed by atoms with Gasteiger partial charge in [0.1, 0.15) is 0 Å². The molecule has 1 N–H and O–H groups in total. The Kier molecular flexibility index (Phi) is 3.26. The first-order valence-corrected chi connectivity index (χ1v) is 6.34. The van der Waals surface area contributed by atoms with Crippen molar-refractivity contribution in [1.82, 2.24) is 20.2 Å². The smallest absolute Gasteiger partial charge is 0.205 e. The molecule has 20 heavy (non-hydrogen) atoms. The summed E-state index contributed by atoms with van der Waals surface area (Å²) >= 11 is 0. The van der Waals surface area contributed by atoms with Crippen LogP contribution in [0.1, 0.15) is 11.1 Å². The van der Waals surface area contributed by atoms with Crippen LogP contribution in [0.2, 0.25) is 0 Å². The van der Waals surface area contributed by atoms with Gasteiger partial charge in [-0.2, -0.15) is 0 Å². The van der Waals surface area contributed by atoms with E-state index in [2.05, 4.69) is 15.4 Å². The van der Waals surface area contributed by atoms with Crippen molar-refractivity contribution in [3.63, 3.8) is 0 Å². The zero-order valence-electron chi connectivity index (χ0n) is 11.1. The Morgan fingerprint density at radius 1 is 1.10 bits per heavy atom. The van der Waals surface area contributed by atoms with E-state index in [0.717, 1.165) is 22.4 Å². The molecule has 0 aliphatic rings. The third-order valence-corrected chi connectivity index (χ3v) is 3.07. The molecule has 100 valence electrons. The normalized spacial score (nSPS) is 10.7. The molecule has 0 saturated heterocycles. The largest absolute Gasteiger partial charge is 0.392 e. The molecule has 0 aliphatic heterocycles. The highest BCUT2D eigenvalue weighted by Gasteiger charge is 2.10. The summed E-state index contributed by atoms with van der Waals surface area (Å²) in [7, 11) is 0. The van der Waals surface area contributed by atoms with E-state index in [1.54, 1.807) is 0 Å². The predicted molar refractivity (Wildman–Crippen MR) is 75.2 cm³/mol. The van der Waals surface area contributed by atoms with Gasteiger partial charge in [0.2, 0.25) is 5.82 Å². The lowest BCUT2D eigenvalue weighted by Crippen LogP contribution is -2.04. The van der Waals surface area contributed by atoms with Crippen molar-refractivity contribution in [2.45, 2.75) is 13.5 Å². The van der Waals surface area contributed by atoms with Gasteiger partial charge in [0.15, 0.2) is 0 Å². The maximum Gasteiger partial charge on any atom is 0.205 e. The Morgan fingerprint density at radius 2 is 1.90 bits per heavy atom. The second-order valence-corrected chi connectivity index (χ2v) is 4.56. The number of tetrazole rings is 1. The molecular formula is C15H14N4O. The van der Waals surface area contributed by atoms with Crippen LogP contribution in [0.3, 0.4) is 0 Å². The van der Waals surface area contributed by atoms with Crippen LogP contribution in [0, 0.1) is 6.92 Å². The Balaban J connectivity index is 2.02. The van der Waals surface area contributed by atoms with Gasteiger partial charge >= 0.3 is 0 Å². The minimum Gasteiger partial charge on any atom is -0.392 e. The first kappa shape index (κ1) is 12.5. The highest BCUT2D eigenvalue weighted by molar-refractivity contribution is 5.53. The van der Waals surface area contributed by atoms with Gasteiger partial charge in [0.25, 0.3) is 0 Å². The minimum atomic E-state index is -0.0563. The van der Waals surface area contributed by atoms with Gasteiger partial charge in [-0.05, 0) is 18.2 Å². The number of nitrogens with zero attached hydrogens (tertiary/aromatic N) is 4. The minimum absolute atomic E-state index is 0.0563. The van der Waals surface area contributed by atoms with Crippen molar-refractivity contribution in [3.8, 4) is 17.1 Å². The molecule has 1 aromatic heterocycles. The molecule has 0 bridgehead atoms. The van der Waals surface area contributed by atoms with Gasteiger partial charge in [-0.1, -0.05) is 48.0 Å². The first-order chi connectivity index (χ1) is 9.78. The molecule has 0 aliphatic carbocycles. The van der Waals surface area contributed by atoms with Crippen molar-refractivity contribution < 1.29 is 5.11 Å². The SMILES string of the molecule is Cc1ccc(-n2nnc(-c3ccccc3)n2)c(CO)c1. The molecule has 5 nitrogen and oxygen atoms in total. The molecule has 3 aromatic rings. The lowest BCUT2D eigenvalue weighted by molar-refractivity contribution is 0.281. The molecule has 0 radical (unpaired) electrons. The topological polar surface area (TPSA) is 63.8 Å². The zero-order valence-corrected chi connectivity index (χ0v) is 11.1. The highest BCUT2D eigenvalue weighted by atomic mass is 16.3. The molecule has 0 saturated carbocycles. The van der Waals surface area contributed by atoms with E-state index < -0.39 is 0 Å². The van der Waals surface area contributed by atoms with Gasteiger partial charge < -0.3 is 5.11 Å². The fourth-order valence-corrected chi connectivity index (χ4v) is 2.06. The zero-order chi connectivity index (χ0) is 13.9. The van der Waals surface area contributed by atoms with Crippen LogP contribution < -0.4 is 0 Å². The van der Waals surface area contributed by atoms with Gasteiger partial charge in [0.05, 0.1) is 12.3 Å². The summed E-state index contributed by atoms with van der Waals surface area (Å²) in [5.74, 6) is 0.565. The molecule has 5 heteroatoms. The summed E-state index contributed by atoms with van der Waals surface area (Å²) in [6.45, 7) is 1.92. The summed E-state index contributed by atoms with van der Waals surface area (Å²) in [5, 5.41) is 21.9. The van der Waals surface area contributed by atoms with Crippen LogP contribution in [-0.4, -0.2) is 25.3 Å². The van der Waals surface area contributed by atoms with Gasteiger partial charge in [-0.3, -0.25) is 0 Å². The third kappa shape index (κ3) is 2.31. The Bertz CT molecular complexity index is 722. The fourth-order valence-electron chi connectivity index (χ4n) is 2.06. The van der Waals surface area contributed by atoms with Crippen molar-refractivity contribution in [3.05, 3.63) is 59.7 Å². The Hall–Kier alpha value is -2.53. The van der Waals surface area contributed by atoms with Crippen LogP contribution in [0.25, 0.3) is 17.1 Å². The Labute approximate surface area is 116 Å². The number of benzene rings is 2. The van der Waals surface area contributed by atoms with Crippen LogP contribution >= 0.6 is 0 Å². The third-order valence-electron chi connectivity index (χ3n) is 3.07. The summed E-state index contributed by atoms with van der Waals surface area (Å²) < 4.78 is 0. The van der Waals surface area contributed by atoms with Crippen molar-refractivity contribution >= 4 is 0 Å². The second-order valence-electron chi connectivity index (χ2n) is 4.56. The summed E-state index contributed by atoms with van der Waals surface area (Å²) in [5.41, 5.74) is 3.52. The number of aromatic nitrogens is 4. The molecule has 2 aromatic carbocycles. The number of rotatable bonds is 3. The van der Waals surface area contributed by atoms with Crippen LogP contribution in [0.4, 0.5) is 0 Å². The average Bonchev–Trinajstić information content (AvgIpc) is 2.97. The van der Waals surface area contributed by atoms with Crippen molar-refractivity contribution in [2.24, 2.45) is 0 Å². The quantitative estimate of drug-likeness (QED) is 0.788. The standard InChI is InChI=1S/C15H14N4O/c1-11-7-8-14(13(9-11)10-20)19-17-15(16-18-19)12-5-3-2-4-6-12/h2-9,20H,10H2,1H3. The van der Waals surface area contributed by atoms with Crippen LogP contribution in [0.5, 0.6) is 0 Å². The van der Waals surface area contributed by atoms with Gasteiger partial charge in [0, 0.05) is 11.1 Å². The number of aliphatic hydroxyl groups excluding tert-OH is 1. The van der Waals surface area contributed by atoms with E-state index in [9.17, 15) is 5.11 Å². The van der Waals surface area contributed by atoms with E-state index in [1.165, 1.54) is 4.80 Å². The number of hydrogen-bond donors (Lipinski definition) is 1. The number of aliphatic hydroxyl groups is 1. The molecule has 0 atom stereocenters. The van der Waals surface area contributed by atoms with E-state index in [0.29, 0.717) is 5.82 Å². The summed E-state index contributed by atoms with van der Waals surface area (Å²) in [6, 6.07) is 15.4. The van der Waals surface area contributed by atoms with Crippen molar-refractivity contribution in [2.75, 3.05) is 0 Å². The van der Waals surface area contributed by atoms with Crippen molar-refractivity contribution in [1.29, 1.82) is 0 Å². The maximum absolute atomic E-state index is 9.44. The van der Waals surface area contributed by atoms with Gasteiger partial charge in [-0.25, -0.2) is 0 Å². The van der Waals surface area contributed by atoms with E-state index in [-0.39, 0.29) is 6.61 Å². The average molecular weight is 266 g/mol. The summed E-state index contributed by atoms with van der Waals surface area (Å²) in [4.78, 5) is 1.45. The molecular weight excluding hydrogens is 252 g/mol. The lowest BCUT2D eigenvalue weighted by Gasteiger charge is -2.06. The maximum atomic E-state index is 9.44. The summed E-state index contributed by atoms with van der Waals surface area (Å²) in [6.07, 6.45) is 0. The van der Waals surface area contributed by atoms with Crippen LogP contribution in [0.15, 0.2) is 48.5 Å². The Morgan fingerprint density at radius 3 is 2.65 bits per heavy atom. The fraction of sp³-hybridized carbons (Fsp3) is 0.133. The highest BCUT2D eigenvalue weighted by Crippen LogP contribution is 2.17.